The maximum Gasteiger partial charge on any atom is 0.220 e. The fraction of sp³-hybridized carbons (Fsp3) is 0.583. The molecule has 88 valence electrons. The van der Waals surface area contributed by atoms with Crippen LogP contribution in [0.2, 0.25) is 0 Å². The third kappa shape index (κ3) is 3.38. The Hall–Kier alpha value is -1.29. The highest BCUT2D eigenvalue weighted by molar-refractivity contribution is 5.76. The highest BCUT2D eigenvalue weighted by atomic mass is 16.1. The van der Waals surface area contributed by atoms with Gasteiger partial charge in [0.2, 0.25) is 5.91 Å². The van der Waals surface area contributed by atoms with E-state index >= 15 is 0 Å². The zero-order valence-electron chi connectivity index (χ0n) is 9.46. The number of aryl methyl sites for hydroxylation is 1. The van der Waals surface area contributed by atoms with Gasteiger partial charge >= 0.3 is 0 Å². The molecule has 1 aliphatic rings. The number of aromatic amines is 1. The smallest absolute Gasteiger partial charge is 0.220 e. The molecule has 4 heteroatoms. The van der Waals surface area contributed by atoms with Gasteiger partial charge in [0.05, 0.1) is 0 Å². The van der Waals surface area contributed by atoms with Gasteiger partial charge in [-0.15, -0.1) is 0 Å². The first-order valence-corrected chi connectivity index (χ1v) is 5.93. The van der Waals surface area contributed by atoms with E-state index in [1.54, 1.807) is 0 Å². The largest absolute Gasteiger partial charge is 0.367 e. The fourth-order valence-corrected chi connectivity index (χ4v) is 2.01. The number of carbonyl (C=O) groups excluding carboxylic acids is 1. The van der Waals surface area contributed by atoms with E-state index in [0.717, 1.165) is 26.1 Å². The second-order valence-electron chi connectivity index (χ2n) is 4.38. The van der Waals surface area contributed by atoms with Gasteiger partial charge in [-0.05, 0) is 43.5 Å². The Morgan fingerprint density at radius 2 is 2.50 bits per heavy atom. The summed E-state index contributed by atoms with van der Waals surface area (Å²) in [4.78, 5) is 14.5. The lowest BCUT2D eigenvalue weighted by atomic mass is 10.1. The number of nitrogens with one attached hydrogen (secondary N) is 3. The van der Waals surface area contributed by atoms with Crippen molar-refractivity contribution in [3.63, 3.8) is 0 Å². The maximum absolute atomic E-state index is 11.6. The highest BCUT2D eigenvalue weighted by Crippen LogP contribution is 2.06. The molecule has 3 N–H and O–H groups in total. The average molecular weight is 221 g/mol. The molecule has 0 radical (unpaired) electrons. The van der Waals surface area contributed by atoms with E-state index < -0.39 is 0 Å². The third-order valence-corrected chi connectivity index (χ3v) is 3.05. The van der Waals surface area contributed by atoms with Crippen LogP contribution < -0.4 is 10.6 Å². The summed E-state index contributed by atoms with van der Waals surface area (Å²) in [6, 6.07) is 2.01. The molecule has 1 aromatic heterocycles. The standard InChI is InChI=1S/C12H19N3O/c16-12(2-1-10-3-5-13-7-10)15-9-11-4-6-14-8-11/h3,5,7,11,13-14H,1-2,4,6,8-9H2,(H,15,16). The van der Waals surface area contributed by atoms with Gasteiger partial charge in [-0.1, -0.05) is 0 Å². The molecule has 1 atom stereocenters. The van der Waals surface area contributed by atoms with Crippen molar-refractivity contribution in [1.29, 1.82) is 0 Å². The SMILES string of the molecule is O=C(CCc1cc[nH]c1)NCC1CCNC1. The molecule has 0 saturated carbocycles. The van der Waals surface area contributed by atoms with Crippen molar-refractivity contribution in [3.05, 3.63) is 24.0 Å². The number of hydrogen-bond donors (Lipinski definition) is 3. The Morgan fingerprint density at radius 3 is 3.19 bits per heavy atom. The van der Waals surface area contributed by atoms with Crippen molar-refractivity contribution in [1.82, 2.24) is 15.6 Å². The number of rotatable bonds is 5. The lowest BCUT2D eigenvalue weighted by molar-refractivity contribution is -0.121. The van der Waals surface area contributed by atoms with Crippen LogP contribution in [0, 0.1) is 5.92 Å². The third-order valence-electron chi connectivity index (χ3n) is 3.05. The first-order chi connectivity index (χ1) is 7.84. The van der Waals surface area contributed by atoms with Crippen LogP contribution in [-0.4, -0.2) is 30.5 Å². The van der Waals surface area contributed by atoms with Gasteiger partial charge in [0.25, 0.3) is 0 Å². The first kappa shape index (κ1) is 11.2. The van der Waals surface area contributed by atoms with Gasteiger partial charge in [0, 0.05) is 25.4 Å². The molecule has 0 aromatic carbocycles. The van der Waals surface area contributed by atoms with Crippen molar-refractivity contribution in [3.8, 4) is 0 Å². The molecule has 0 aliphatic carbocycles. The molecule has 1 aromatic rings. The Bertz CT molecular complexity index is 315. The minimum absolute atomic E-state index is 0.160. The quantitative estimate of drug-likeness (QED) is 0.684. The van der Waals surface area contributed by atoms with E-state index in [-0.39, 0.29) is 5.91 Å². The molecular weight excluding hydrogens is 202 g/mol. The van der Waals surface area contributed by atoms with Gasteiger partial charge in [0.15, 0.2) is 0 Å². The van der Waals surface area contributed by atoms with Crippen molar-refractivity contribution in [2.75, 3.05) is 19.6 Å². The average Bonchev–Trinajstić information content (AvgIpc) is 2.96. The van der Waals surface area contributed by atoms with Gasteiger partial charge in [-0.2, -0.15) is 0 Å². The summed E-state index contributed by atoms with van der Waals surface area (Å²) >= 11 is 0. The number of hydrogen-bond acceptors (Lipinski definition) is 2. The van der Waals surface area contributed by atoms with E-state index in [9.17, 15) is 4.79 Å². The van der Waals surface area contributed by atoms with Crippen LogP contribution in [-0.2, 0) is 11.2 Å². The fourth-order valence-electron chi connectivity index (χ4n) is 2.01. The van der Waals surface area contributed by atoms with Gasteiger partial charge < -0.3 is 15.6 Å². The predicted molar refractivity (Wildman–Crippen MR) is 63.1 cm³/mol. The Labute approximate surface area is 95.8 Å². The molecular formula is C12H19N3O. The minimum atomic E-state index is 0.160. The van der Waals surface area contributed by atoms with Crippen molar-refractivity contribution >= 4 is 5.91 Å². The lowest BCUT2D eigenvalue weighted by Gasteiger charge is -2.09. The van der Waals surface area contributed by atoms with Crippen LogP contribution in [0.5, 0.6) is 0 Å². The van der Waals surface area contributed by atoms with E-state index in [2.05, 4.69) is 15.6 Å². The zero-order valence-corrected chi connectivity index (χ0v) is 9.46. The Balaban J connectivity index is 1.60. The highest BCUT2D eigenvalue weighted by Gasteiger charge is 2.14. The van der Waals surface area contributed by atoms with Gasteiger partial charge in [-0.25, -0.2) is 0 Å². The number of H-pyrrole nitrogens is 1. The summed E-state index contributed by atoms with van der Waals surface area (Å²) in [5.74, 6) is 0.782. The Morgan fingerprint density at radius 1 is 1.56 bits per heavy atom. The summed E-state index contributed by atoms with van der Waals surface area (Å²) in [6.45, 7) is 2.95. The van der Waals surface area contributed by atoms with Crippen LogP contribution in [0.1, 0.15) is 18.4 Å². The maximum atomic E-state index is 11.6. The first-order valence-electron chi connectivity index (χ1n) is 5.93. The van der Waals surface area contributed by atoms with E-state index in [1.165, 1.54) is 12.0 Å². The van der Waals surface area contributed by atoms with Crippen LogP contribution in [0.3, 0.4) is 0 Å². The molecule has 2 rings (SSSR count). The van der Waals surface area contributed by atoms with Crippen molar-refractivity contribution in [2.24, 2.45) is 5.92 Å². The van der Waals surface area contributed by atoms with E-state index in [1.807, 2.05) is 18.5 Å². The number of amides is 1. The topological polar surface area (TPSA) is 56.9 Å². The normalized spacial score (nSPS) is 19.9. The number of carbonyl (C=O) groups is 1. The molecule has 1 amide bonds. The summed E-state index contributed by atoms with van der Waals surface area (Å²) in [5.41, 5.74) is 1.19. The van der Waals surface area contributed by atoms with Gasteiger partial charge in [0.1, 0.15) is 0 Å². The summed E-state index contributed by atoms with van der Waals surface area (Å²) in [7, 11) is 0. The van der Waals surface area contributed by atoms with E-state index in [4.69, 9.17) is 0 Å². The van der Waals surface area contributed by atoms with Crippen molar-refractivity contribution < 1.29 is 4.79 Å². The Kier molecular flexibility index (Phi) is 3.99. The summed E-state index contributed by atoms with van der Waals surface area (Å²) in [5, 5.41) is 6.29. The zero-order chi connectivity index (χ0) is 11.2. The molecule has 0 spiro atoms. The molecule has 1 aliphatic heterocycles. The van der Waals surface area contributed by atoms with E-state index in [0.29, 0.717) is 12.3 Å². The summed E-state index contributed by atoms with van der Waals surface area (Å²) in [6.07, 6.45) is 6.40. The minimum Gasteiger partial charge on any atom is -0.367 e. The molecule has 1 saturated heterocycles. The van der Waals surface area contributed by atoms with Crippen LogP contribution in [0.25, 0.3) is 0 Å². The van der Waals surface area contributed by atoms with Crippen LogP contribution >= 0.6 is 0 Å². The summed E-state index contributed by atoms with van der Waals surface area (Å²) < 4.78 is 0. The molecule has 2 heterocycles. The monoisotopic (exact) mass is 221 g/mol. The number of aromatic nitrogens is 1. The van der Waals surface area contributed by atoms with Gasteiger partial charge in [-0.3, -0.25) is 4.79 Å². The lowest BCUT2D eigenvalue weighted by Crippen LogP contribution is -2.30. The predicted octanol–water partition coefficient (Wildman–Crippen LogP) is 0.673. The molecule has 16 heavy (non-hydrogen) atoms. The molecule has 1 unspecified atom stereocenters. The van der Waals surface area contributed by atoms with Crippen molar-refractivity contribution in [2.45, 2.75) is 19.3 Å². The second-order valence-corrected chi connectivity index (χ2v) is 4.38. The van der Waals surface area contributed by atoms with Crippen LogP contribution in [0.15, 0.2) is 18.5 Å². The molecule has 1 fully saturated rings. The molecule has 0 bridgehead atoms. The van der Waals surface area contributed by atoms with Crippen LogP contribution in [0.4, 0.5) is 0 Å². The second kappa shape index (κ2) is 5.70. The molecule has 4 nitrogen and oxygen atoms in total.